The molecule has 4 unspecified atom stereocenters. The predicted molar refractivity (Wildman–Crippen MR) is 59.4 cm³/mol. The van der Waals surface area contributed by atoms with Crippen molar-refractivity contribution >= 4 is 0 Å². The summed E-state index contributed by atoms with van der Waals surface area (Å²) in [5.41, 5.74) is 0. The van der Waals surface area contributed by atoms with E-state index in [1.807, 2.05) is 0 Å². The molecule has 0 spiro atoms. The summed E-state index contributed by atoms with van der Waals surface area (Å²) in [5, 5.41) is 0. The fourth-order valence-electron chi connectivity index (χ4n) is 1.43. The van der Waals surface area contributed by atoms with E-state index >= 15 is 0 Å². The Hall–Kier alpha value is -0.160. The third-order valence-corrected chi connectivity index (χ3v) is 3.15. The van der Waals surface area contributed by atoms with Gasteiger partial charge in [0, 0.05) is 13.2 Å². The second-order valence-electron chi connectivity index (χ2n) is 4.94. The highest BCUT2D eigenvalue weighted by Crippen LogP contribution is 2.15. The van der Waals surface area contributed by atoms with Crippen LogP contribution in [0, 0.1) is 11.8 Å². The maximum absolute atomic E-state index is 5.58. The monoisotopic (exact) mass is 230 g/mol. The minimum absolute atomic E-state index is 0.366. The Balaban J connectivity index is 1.46. The van der Waals surface area contributed by atoms with E-state index in [-0.39, 0.29) is 0 Å². The molecule has 2 saturated heterocycles. The van der Waals surface area contributed by atoms with Crippen molar-refractivity contribution < 1.29 is 18.9 Å². The van der Waals surface area contributed by atoms with Crippen LogP contribution in [0.15, 0.2) is 0 Å². The van der Waals surface area contributed by atoms with E-state index in [1.165, 1.54) is 0 Å². The molecule has 2 fully saturated rings. The van der Waals surface area contributed by atoms with Gasteiger partial charge in [-0.1, -0.05) is 13.8 Å². The molecule has 0 aromatic heterocycles. The molecule has 4 nitrogen and oxygen atoms in total. The Labute approximate surface area is 97.2 Å². The summed E-state index contributed by atoms with van der Waals surface area (Å²) in [5.74, 6) is 1.05. The zero-order valence-corrected chi connectivity index (χ0v) is 10.2. The molecule has 2 aliphatic heterocycles. The lowest BCUT2D eigenvalue weighted by Crippen LogP contribution is -2.21. The van der Waals surface area contributed by atoms with Crippen LogP contribution in [0.4, 0.5) is 0 Å². The molecule has 0 amide bonds. The zero-order valence-electron chi connectivity index (χ0n) is 10.2. The van der Waals surface area contributed by atoms with Crippen molar-refractivity contribution in [3.63, 3.8) is 0 Å². The highest BCUT2D eigenvalue weighted by Gasteiger charge is 2.24. The molecular weight excluding hydrogens is 208 g/mol. The number of epoxide rings is 2. The average Bonchev–Trinajstić information content (AvgIpc) is 3.12. The van der Waals surface area contributed by atoms with Gasteiger partial charge >= 0.3 is 0 Å². The highest BCUT2D eigenvalue weighted by atomic mass is 16.6. The van der Waals surface area contributed by atoms with Gasteiger partial charge in [0.05, 0.1) is 26.4 Å². The van der Waals surface area contributed by atoms with E-state index in [9.17, 15) is 0 Å². The number of ether oxygens (including phenoxy) is 4. The Bertz CT molecular complexity index is 179. The molecule has 4 atom stereocenters. The largest absolute Gasteiger partial charge is 0.378 e. The van der Waals surface area contributed by atoms with Gasteiger partial charge in [-0.2, -0.15) is 0 Å². The fourth-order valence-corrected chi connectivity index (χ4v) is 1.43. The standard InChI is InChI=1S/C12H22O4/c1-9(3-13-5-11-7-15-11)10(2)4-14-6-12-8-16-12/h9-12H,3-8H2,1-2H3. The van der Waals surface area contributed by atoms with Crippen LogP contribution in [0.2, 0.25) is 0 Å². The lowest BCUT2D eigenvalue weighted by Gasteiger charge is -2.19. The summed E-state index contributed by atoms with van der Waals surface area (Å²) in [4.78, 5) is 0. The third-order valence-electron chi connectivity index (χ3n) is 3.15. The van der Waals surface area contributed by atoms with E-state index in [0.717, 1.165) is 39.6 Å². The van der Waals surface area contributed by atoms with Gasteiger partial charge < -0.3 is 18.9 Å². The van der Waals surface area contributed by atoms with E-state index in [4.69, 9.17) is 18.9 Å². The molecule has 0 bridgehead atoms. The second kappa shape index (κ2) is 5.96. The van der Waals surface area contributed by atoms with Crippen molar-refractivity contribution in [2.45, 2.75) is 26.1 Å². The summed E-state index contributed by atoms with van der Waals surface area (Å²) in [6.07, 6.45) is 0.733. The lowest BCUT2D eigenvalue weighted by molar-refractivity contribution is 0.0354. The van der Waals surface area contributed by atoms with Crippen molar-refractivity contribution in [3.05, 3.63) is 0 Å². The Morgan fingerprint density at radius 1 is 0.938 bits per heavy atom. The molecule has 0 aromatic carbocycles. The van der Waals surface area contributed by atoms with Gasteiger partial charge in [-0.25, -0.2) is 0 Å². The van der Waals surface area contributed by atoms with Crippen LogP contribution >= 0.6 is 0 Å². The maximum atomic E-state index is 5.58. The summed E-state index contributed by atoms with van der Waals surface area (Å²) in [6.45, 7) is 9.23. The zero-order chi connectivity index (χ0) is 11.4. The molecule has 2 rings (SSSR count). The van der Waals surface area contributed by atoms with Gasteiger partial charge in [-0.15, -0.1) is 0 Å². The van der Waals surface area contributed by atoms with Crippen molar-refractivity contribution in [2.75, 3.05) is 39.6 Å². The SMILES string of the molecule is CC(COCC1CO1)C(C)COCC1CO1. The van der Waals surface area contributed by atoms with Crippen molar-refractivity contribution in [2.24, 2.45) is 11.8 Å². The summed E-state index contributed by atoms with van der Waals surface area (Å²) in [6, 6.07) is 0. The van der Waals surface area contributed by atoms with Gasteiger partial charge in [-0.3, -0.25) is 0 Å². The second-order valence-corrected chi connectivity index (χ2v) is 4.94. The Morgan fingerprint density at radius 3 is 1.62 bits per heavy atom. The van der Waals surface area contributed by atoms with Crippen LogP contribution in [0.25, 0.3) is 0 Å². The van der Waals surface area contributed by atoms with Crippen LogP contribution < -0.4 is 0 Å². The van der Waals surface area contributed by atoms with Crippen LogP contribution in [-0.2, 0) is 18.9 Å². The molecule has 0 saturated carbocycles. The van der Waals surface area contributed by atoms with Crippen LogP contribution in [-0.4, -0.2) is 51.8 Å². The summed E-state index contributed by atoms with van der Waals surface area (Å²) in [7, 11) is 0. The van der Waals surface area contributed by atoms with E-state index in [1.54, 1.807) is 0 Å². The topological polar surface area (TPSA) is 43.5 Å². The molecule has 0 aliphatic carbocycles. The quantitative estimate of drug-likeness (QED) is 0.556. The van der Waals surface area contributed by atoms with E-state index < -0.39 is 0 Å². The molecule has 0 N–H and O–H groups in total. The van der Waals surface area contributed by atoms with Gasteiger partial charge in [0.2, 0.25) is 0 Å². The van der Waals surface area contributed by atoms with Crippen molar-refractivity contribution in [1.29, 1.82) is 0 Å². The minimum Gasteiger partial charge on any atom is -0.378 e. The average molecular weight is 230 g/mol. The van der Waals surface area contributed by atoms with Gasteiger partial charge in [0.1, 0.15) is 12.2 Å². The van der Waals surface area contributed by atoms with Crippen LogP contribution in [0.1, 0.15) is 13.8 Å². The summed E-state index contributed by atoms with van der Waals surface area (Å²) < 4.78 is 21.3. The molecule has 2 aliphatic rings. The van der Waals surface area contributed by atoms with Crippen molar-refractivity contribution in [1.82, 2.24) is 0 Å². The molecular formula is C12H22O4. The van der Waals surface area contributed by atoms with E-state index in [0.29, 0.717) is 24.0 Å². The Kier molecular flexibility index (Phi) is 4.58. The molecule has 94 valence electrons. The molecule has 16 heavy (non-hydrogen) atoms. The first kappa shape index (κ1) is 12.3. The number of rotatable bonds is 9. The normalized spacial score (nSPS) is 31.1. The van der Waals surface area contributed by atoms with Gasteiger partial charge in [0.25, 0.3) is 0 Å². The molecule has 0 aromatic rings. The highest BCUT2D eigenvalue weighted by molar-refractivity contribution is 4.69. The number of hydrogen-bond acceptors (Lipinski definition) is 4. The number of hydrogen-bond donors (Lipinski definition) is 0. The predicted octanol–water partition coefficient (Wildman–Crippen LogP) is 1.09. The van der Waals surface area contributed by atoms with E-state index in [2.05, 4.69) is 13.8 Å². The minimum atomic E-state index is 0.366. The lowest BCUT2D eigenvalue weighted by atomic mass is 9.98. The Morgan fingerprint density at radius 2 is 1.31 bits per heavy atom. The molecule has 2 heterocycles. The molecule has 0 radical (unpaired) electrons. The molecule has 4 heteroatoms. The van der Waals surface area contributed by atoms with Gasteiger partial charge in [-0.05, 0) is 11.8 Å². The summed E-state index contributed by atoms with van der Waals surface area (Å²) >= 11 is 0. The fraction of sp³-hybridized carbons (Fsp3) is 1.00. The first-order valence-corrected chi connectivity index (χ1v) is 6.14. The maximum Gasteiger partial charge on any atom is 0.104 e. The first-order valence-electron chi connectivity index (χ1n) is 6.14. The first-order chi connectivity index (χ1) is 7.75. The smallest absolute Gasteiger partial charge is 0.104 e. The van der Waals surface area contributed by atoms with Gasteiger partial charge in [0.15, 0.2) is 0 Å². The third kappa shape index (κ3) is 4.78. The van der Waals surface area contributed by atoms with Crippen LogP contribution in [0.3, 0.4) is 0 Å². The van der Waals surface area contributed by atoms with Crippen LogP contribution in [0.5, 0.6) is 0 Å². The van der Waals surface area contributed by atoms with Crippen molar-refractivity contribution in [3.8, 4) is 0 Å².